The van der Waals surface area contributed by atoms with Crippen LogP contribution in [0.2, 0.25) is 0 Å². The number of benzene rings is 2. The van der Waals surface area contributed by atoms with Gasteiger partial charge < -0.3 is 18.9 Å². The fourth-order valence-electron chi connectivity index (χ4n) is 5.46. The van der Waals surface area contributed by atoms with Gasteiger partial charge in [0.2, 0.25) is 20.0 Å². The molecule has 2 fully saturated rings. The highest BCUT2D eigenvalue weighted by Crippen LogP contribution is 2.27. The average molecular weight is 878 g/mol. The Bertz CT molecular complexity index is 2000. The van der Waals surface area contributed by atoms with Gasteiger partial charge in [0.05, 0.1) is 59.5 Å². The lowest BCUT2D eigenvalue weighted by molar-refractivity contribution is 0.0591. The Hall–Kier alpha value is -4.42. The number of nitrogens with one attached hydrogen (secondary N) is 1. The molecule has 0 saturated carbocycles. The Balaban J connectivity index is 0.000000246. The number of nitrogens with zero attached hydrogens (tertiary/aromatic N) is 3. The van der Waals surface area contributed by atoms with E-state index in [9.17, 15) is 26.4 Å². The van der Waals surface area contributed by atoms with Gasteiger partial charge >= 0.3 is 11.9 Å². The van der Waals surface area contributed by atoms with Gasteiger partial charge in [-0.2, -0.15) is 0 Å². The highest BCUT2D eigenvalue weighted by molar-refractivity contribution is 9.08. The van der Waals surface area contributed by atoms with Crippen LogP contribution in [0.3, 0.4) is 0 Å². The molecule has 0 radical (unpaired) electrons. The fraction of sp³-hybridized carbons (Fsp3) is 0.385. The molecule has 14 nitrogen and oxygen atoms in total. The zero-order valence-electron chi connectivity index (χ0n) is 30.6. The van der Waals surface area contributed by atoms with Gasteiger partial charge in [-0.25, -0.2) is 26.4 Å². The molecule has 4 aromatic rings. The van der Waals surface area contributed by atoms with Crippen LogP contribution in [0, 0.1) is 0 Å². The van der Waals surface area contributed by atoms with Crippen LogP contribution < -0.4 is 9.03 Å². The van der Waals surface area contributed by atoms with E-state index in [0.29, 0.717) is 85.6 Å². The molecule has 2 saturated heterocycles. The summed E-state index contributed by atoms with van der Waals surface area (Å²) in [5.41, 5.74) is 3.43. The molecule has 2 aromatic heterocycles. The normalized spacial score (nSPS) is 14.6. The van der Waals surface area contributed by atoms with Crippen molar-refractivity contribution >= 4 is 59.3 Å². The Morgan fingerprint density at radius 3 is 1.62 bits per heavy atom. The third-order valence-corrected chi connectivity index (χ3v) is 13.2. The van der Waals surface area contributed by atoms with E-state index in [4.69, 9.17) is 9.47 Å². The van der Waals surface area contributed by atoms with Gasteiger partial charge in [0.1, 0.15) is 0 Å². The average Bonchev–Trinajstić information content (AvgIpc) is 3.24. The number of halogens is 1. The number of carbonyl (C=O) groups is 2. The lowest BCUT2D eigenvalue weighted by Gasteiger charge is -2.31. The summed E-state index contributed by atoms with van der Waals surface area (Å²) in [4.78, 5) is 30.8. The second kappa shape index (κ2) is 23.0. The van der Waals surface area contributed by atoms with E-state index >= 15 is 0 Å². The first-order valence-corrected chi connectivity index (χ1v) is 21.6. The second-order valence-electron chi connectivity index (χ2n) is 12.2. The number of hydrogen-bond acceptors (Lipinski definition) is 12. The number of pyridine rings is 2. The van der Waals surface area contributed by atoms with Crippen LogP contribution in [0.4, 0.5) is 11.4 Å². The number of sulfonamides is 2. The van der Waals surface area contributed by atoms with Gasteiger partial charge in [-0.1, -0.05) is 59.8 Å². The highest BCUT2D eigenvalue weighted by Gasteiger charge is 2.34. The number of esters is 2. The number of anilines is 2. The fourth-order valence-corrected chi connectivity index (χ4v) is 9.11. The maximum Gasteiger partial charge on any atom is 0.339 e. The highest BCUT2D eigenvalue weighted by atomic mass is 79.9. The summed E-state index contributed by atoms with van der Waals surface area (Å²) in [5, 5.41) is -0.128. The molecule has 0 amide bonds. The zero-order valence-corrected chi connectivity index (χ0v) is 33.8. The van der Waals surface area contributed by atoms with Crippen LogP contribution in [0.5, 0.6) is 0 Å². The van der Waals surface area contributed by atoms with E-state index < -0.39 is 31.3 Å². The van der Waals surface area contributed by atoms with Crippen molar-refractivity contribution in [2.75, 3.05) is 49.7 Å². The lowest BCUT2D eigenvalue weighted by atomic mass is 10.2. The van der Waals surface area contributed by atoms with E-state index in [1.54, 1.807) is 60.7 Å². The minimum absolute atomic E-state index is 0. The predicted octanol–water partition coefficient (Wildman–Crippen LogP) is 6.39. The molecule has 17 heteroatoms. The summed E-state index contributed by atoms with van der Waals surface area (Å²) < 4.78 is 74.2. The molecule has 0 unspecified atom stereocenters. The summed E-state index contributed by atoms with van der Waals surface area (Å²) in [5.74, 6) is -0.840. The molecule has 2 aliphatic heterocycles. The molecular formula is C39H49BrN4O10S2. The first-order chi connectivity index (χ1) is 26.5. The number of rotatable bonds is 11. The van der Waals surface area contributed by atoms with Crippen molar-refractivity contribution in [2.45, 2.75) is 55.5 Å². The van der Waals surface area contributed by atoms with Crippen molar-refractivity contribution in [3.63, 3.8) is 0 Å². The molecular weight excluding hydrogens is 828 g/mol. The zero-order chi connectivity index (χ0) is 39.7. The molecule has 304 valence electrons. The van der Waals surface area contributed by atoms with Gasteiger partial charge in [-0.3, -0.25) is 19.0 Å². The standard InChI is InChI=1S/C19H22N2O5S.C11H15NO3S.C8H8BrNO2.CH4/c1-25-19(22)15-7-8-16(20-13-15)14-21(17-5-3-2-4-6-17)27(23,24)18-9-11-26-12-10-18;13-16(14,11-6-8-15-9-7-11)12-10-4-2-1-3-5-10;1-12-8(11)6-2-3-7(4-9)10-5-6;/h2-8,13,18H,9-12,14H2,1H3;1-5,11-12H,6-9H2;2-3,5H,4H2,1H3;1H4. The molecule has 0 spiro atoms. The maximum atomic E-state index is 13.3. The second-order valence-corrected chi connectivity index (χ2v) is 16.9. The molecule has 4 heterocycles. The van der Waals surface area contributed by atoms with E-state index in [1.165, 1.54) is 30.9 Å². The van der Waals surface area contributed by atoms with Crippen molar-refractivity contribution in [2.24, 2.45) is 0 Å². The van der Waals surface area contributed by atoms with Gasteiger partial charge in [-0.15, -0.1) is 0 Å². The van der Waals surface area contributed by atoms with Crippen molar-refractivity contribution in [3.8, 4) is 0 Å². The van der Waals surface area contributed by atoms with E-state index in [2.05, 4.69) is 40.1 Å². The monoisotopic (exact) mass is 876 g/mol. The number of ether oxygens (including phenoxy) is 4. The van der Waals surface area contributed by atoms with Crippen molar-refractivity contribution in [3.05, 3.63) is 120 Å². The van der Waals surface area contributed by atoms with Gasteiger partial charge in [-0.05, 0) is 74.2 Å². The Kier molecular flexibility index (Phi) is 18.9. The summed E-state index contributed by atoms with van der Waals surface area (Å²) in [7, 11) is -4.20. The van der Waals surface area contributed by atoms with Gasteiger partial charge in [0.25, 0.3) is 0 Å². The quantitative estimate of drug-likeness (QED) is 0.130. The van der Waals surface area contributed by atoms with Gasteiger partial charge in [0.15, 0.2) is 0 Å². The molecule has 0 bridgehead atoms. The number of carbonyl (C=O) groups excluding carboxylic acids is 2. The van der Waals surface area contributed by atoms with E-state index in [1.807, 2.05) is 24.3 Å². The minimum atomic E-state index is -3.58. The van der Waals surface area contributed by atoms with Crippen LogP contribution in [0.1, 0.15) is 65.2 Å². The molecule has 1 N–H and O–H groups in total. The van der Waals surface area contributed by atoms with Crippen LogP contribution in [0.25, 0.3) is 0 Å². The van der Waals surface area contributed by atoms with Crippen molar-refractivity contribution in [1.82, 2.24) is 9.97 Å². The largest absolute Gasteiger partial charge is 0.465 e. The summed E-state index contributed by atoms with van der Waals surface area (Å²) in [6.45, 7) is 2.03. The third kappa shape index (κ3) is 13.7. The van der Waals surface area contributed by atoms with Gasteiger partial charge in [0, 0.05) is 49.8 Å². The number of methoxy groups -OCH3 is 2. The number of hydrogen-bond donors (Lipinski definition) is 1. The summed E-state index contributed by atoms with van der Waals surface area (Å²) in [6.07, 6.45) is 4.99. The van der Waals surface area contributed by atoms with Crippen molar-refractivity contribution < 1.29 is 45.4 Å². The summed E-state index contributed by atoms with van der Waals surface area (Å²) >= 11 is 3.26. The molecule has 2 aliphatic rings. The maximum absolute atomic E-state index is 13.3. The Labute approximate surface area is 338 Å². The molecule has 0 aliphatic carbocycles. The predicted molar refractivity (Wildman–Crippen MR) is 219 cm³/mol. The van der Waals surface area contributed by atoms with Crippen LogP contribution in [-0.2, 0) is 50.9 Å². The lowest BCUT2D eigenvalue weighted by Crippen LogP contribution is -2.41. The van der Waals surface area contributed by atoms with Crippen LogP contribution in [-0.4, -0.2) is 89.9 Å². The SMILES string of the molecule is C.COC(=O)c1ccc(CBr)nc1.COC(=O)c1ccc(CN(c2ccccc2)S(=O)(=O)C2CCOCC2)nc1.O=S(=O)(Nc1ccccc1)C1CCOCC1. The Morgan fingerprint density at radius 1 is 0.714 bits per heavy atom. The van der Waals surface area contributed by atoms with Crippen molar-refractivity contribution in [1.29, 1.82) is 0 Å². The molecule has 56 heavy (non-hydrogen) atoms. The third-order valence-electron chi connectivity index (χ3n) is 8.52. The van der Waals surface area contributed by atoms with E-state index in [-0.39, 0.29) is 25.2 Å². The smallest absolute Gasteiger partial charge is 0.339 e. The first-order valence-electron chi connectivity index (χ1n) is 17.4. The topological polar surface area (TPSA) is 180 Å². The molecule has 0 atom stereocenters. The van der Waals surface area contributed by atoms with Crippen LogP contribution in [0.15, 0.2) is 97.3 Å². The summed E-state index contributed by atoms with van der Waals surface area (Å²) in [6, 6.07) is 24.6. The molecule has 6 rings (SSSR count). The molecule has 2 aromatic carbocycles. The van der Waals surface area contributed by atoms with E-state index in [0.717, 1.165) is 5.69 Å². The first kappa shape index (κ1) is 46.0. The van der Waals surface area contributed by atoms with Crippen LogP contribution >= 0.6 is 15.9 Å². The number of para-hydroxylation sites is 2. The number of alkyl halides is 1. The Morgan fingerprint density at radius 2 is 1.18 bits per heavy atom. The number of aromatic nitrogens is 2. The minimum Gasteiger partial charge on any atom is -0.465 e.